The molecule has 0 aromatic heterocycles. The van der Waals surface area contributed by atoms with Crippen LogP contribution < -0.4 is 9.64 Å². The van der Waals surface area contributed by atoms with Gasteiger partial charge in [-0.1, -0.05) is 18.2 Å². The number of rotatable bonds is 3. The van der Waals surface area contributed by atoms with Crippen molar-refractivity contribution >= 4 is 23.6 Å². The highest BCUT2D eigenvalue weighted by Crippen LogP contribution is 2.58. The standard InChI is InChI=1S/C24H21F3N2O5/c1-3-33-20(30)18-16-12-34-17-7-5-4-6-15(17)19(16)29-22(32)28(21(31)23(18,29)2)14-10-8-13(9-11-14)24(25,26)27/h4-11,16,18-19H,3,12H2,1-2H3/t16?,18?,19?,23-/m0/s1. The average molecular weight is 474 g/mol. The van der Waals surface area contributed by atoms with Crippen LogP contribution in [-0.4, -0.2) is 41.6 Å². The third kappa shape index (κ3) is 2.93. The first kappa shape index (κ1) is 22.2. The normalized spacial score (nSPS) is 27.7. The van der Waals surface area contributed by atoms with Gasteiger partial charge >= 0.3 is 18.2 Å². The molecule has 3 unspecified atom stereocenters. The molecule has 2 aromatic carbocycles. The highest BCUT2D eigenvalue weighted by molar-refractivity contribution is 6.24. The Morgan fingerprint density at radius 2 is 1.82 bits per heavy atom. The van der Waals surface area contributed by atoms with Crippen LogP contribution in [0.25, 0.3) is 0 Å². The molecule has 4 atom stereocenters. The summed E-state index contributed by atoms with van der Waals surface area (Å²) in [7, 11) is 0. The molecule has 0 bridgehead atoms. The van der Waals surface area contributed by atoms with Crippen LogP contribution in [0.5, 0.6) is 5.75 Å². The molecule has 2 fully saturated rings. The fourth-order valence-electron chi connectivity index (χ4n) is 5.47. The van der Waals surface area contributed by atoms with Gasteiger partial charge in [0.2, 0.25) is 0 Å². The van der Waals surface area contributed by atoms with Crippen LogP contribution in [0.1, 0.15) is 31.0 Å². The van der Waals surface area contributed by atoms with Crippen LogP contribution in [0, 0.1) is 11.8 Å². The predicted octanol–water partition coefficient (Wildman–Crippen LogP) is 4.18. The quantitative estimate of drug-likeness (QED) is 0.493. The minimum Gasteiger partial charge on any atom is -0.493 e. The Labute approximate surface area is 193 Å². The third-order valence-electron chi connectivity index (χ3n) is 6.91. The zero-order valence-electron chi connectivity index (χ0n) is 18.3. The van der Waals surface area contributed by atoms with Gasteiger partial charge in [0.15, 0.2) is 0 Å². The summed E-state index contributed by atoms with van der Waals surface area (Å²) >= 11 is 0. The summed E-state index contributed by atoms with van der Waals surface area (Å²) in [4.78, 5) is 42.8. The number of fused-ring (bicyclic) bond motifs is 5. The van der Waals surface area contributed by atoms with Crippen LogP contribution >= 0.6 is 0 Å². The Kier molecular flexibility index (Phi) is 4.89. The lowest BCUT2D eigenvalue weighted by Crippen LogP contribution is -2.51. The number of anilines is 1. The van der Waals surface area contributed by atoms with E-state index in [9.17, 15) is 27.6 Å². The highest BCUT2D eigenvalue weighted by atomic mass is 19.4. The van der Waals surface area contributed by atoms with Crippen LogP contribution in [0.15, 0.2) is 48.5 Å². The fraction of sp³-hybridized carbons (Fsp3) is 0.375. The predicted molar refractivity (Wildman–Crippen MR) is 113 cm³/mol. The van der Waals surface area contributed by atoms with Crippen molar-refractivity contribution in [3.63, 3.8) is 0 Å². The van der Waals surface area contributed by atoms with Crippen molar-refractivity contribution in [2.45, 2.75) is 31.6 Å². The van der Waals surface area contributed by atoms with E-state index in [2.05, 4.69) is 0 Å². The van der Waals surface area contributed by atoms with Crippen molar-refractivity contribution < 1.29 is 37.0 Å². The van der Waals surface area contributed by atoms with Crippen LogP contribution in [-0.2, 0) is 20.5 Å². The van der Waals surface area contributed by atoms with E-state index in [1.54, 1.807) is 31.2 Å². The number of imide groups is 1. The summed E-state index contributed by atoms with van der Waals surface area (Å²) < 4.78 is 50.2. The first-order valence-corrected chi connectivity index (χ1v) is 10.8. The first-order valence-electron chi connectivity index (χ1n) is 10.8. The minimum absolute atomic E-state index is 0.00173. The maximum atomic E-state index is 13.8. The molecule has 0 saturated carbocycles. The van der Waals surface area contributed by atoms with E-state index in [-0.39, 0.29) is 18.9 Å². The maximum Gasteiger partial charge on any atom is 0.416 e. The van der Waals surface area contributed by atoms with Crippen molar-refractivity contribution in [1.82, 2.24) is 4.90 Å². The van der Waals surface area contributed by atoms with Crippen LogP contribution in [0.4, 0.5) is 23.7 Å². The fourth-order valence-corrected chi connectivity index (χ4v) is 5.47. The molecular formula is C24H21F3N2O5. The molecule has 5 rings (SSSR count). The van der Waals surface area contributed by atoms with Crippen molar-refractivity contribution in [3.05, 3.63) is 59.7 Å². The SMILES string of the molecule is CCOC(=O)C1C2COc3ccccc3C2N2C(=O)N(c3ccc(C(F)(F)F)cc3)C(=O)[C@]12C. The smallest absolute Gasteiger partial charge is 0.416 e. The molecule has 34 heavy (non-hydrogen) atoms. The molecule has 0 radical (unpaired) electrons. The van der Waals surface area contributed by atoms with Gasteiger partial charge in [-0.2, -0.15) is 13.2 Å². The number of benzene rings is 2. The lowest BCUT2D eigenvalue weighted by molar-refractivity contribution is -0.154. The van der Waals surface area contributed by atoms with Gasteiger partial charge in [-0.05, 0) is 44.2 Å². The molecule has 3 aliphatic rings. The lowest BCUT2D eigenvalue weighted by Gasteiger charge is -2.34. The second kappa shape index (κ2) is 7.48. The summed E-state index contributed by atoms with van der Waals surface area (Å²) in [5, 5.41) is 0. The zero-order valence-corrected chi connectivity index (χ0v) is 18.3. The topological polar surface area (TPSA) is 76.2 Å². The monoisotopic (exact) mass is 474 g/mol. The number of carbonyl (C=O) groups is 3. The second-order valence-corrected chi connectivity index (χ2v) is 8.67. The van der Waals surface area contributed by atoms with E-state index in [0.717, 1.165) is 29.2 Å². The number of nitrogens with zero attached hydrogens (tertiary/aromatic N) is 2. The van der Waals surface area contributed by atoms with Gasteiger partial charge in [-0.15, -0.1) is 0 Å². The molecule has 0 spiro atoms. The number of ether oxygens (including phenoxy) is 2. The van der Waals surface area contributed by atoms with Gasteiger partial charge in [-0.3, -0.25) is 9.59 Å². The van der Waals surface area contributed by atoms with Crippen molar-refractivity contribution in [1.29, 1.82) is 0 Å². The third-order valence-corrected chi connectivity index (χ3v) is 6.91. The van der Waals surface area contributed by atoms with Crippen molar-refractivity contribution in [3.8, 4) is 5.75 Å². The zero-order chi connectivity index (χ0) is 24.4. The molecule has 2 aromatic rings. The Morgan fingerprint density at radius 1 is 1.15 bits per heavy atom. The van der Waals surface area contributed by atoms with E-state index in [4.69, 9.17) is 9.47 Å². The van der Waals surface area contributed by atoms with Gasteiger partial charge in [0.1, 0.15) is 11.3 Å². The van der Waals surface area contributed by atoms with E-state index < -0.39 is 53.1 Å². The summed E-state index contributed by atoms with van der Waals surface area (Å²) in [5.74, 6) is -2.31. The van der Waals surface area contributed by atoms with Crippen LogP contribution in [0.2, 0.25) is 0 Å². The molecule has 3 aliphatic heterocycles. The van der Waals surface area contributed by atoms with Gasteiger partial charge < -0.3 is 14.4 Å². The van der Waals surface area contributed by atoms with Gasteiger partial charge in [0.25, 0.3) is 5.91 Å². The average Bonchev–Trinajstić information content (AvgIpc) is 3.18. The number of hydrogen-bond donors (Lipinski definition) is 0. The molecular weight excluding hydrogens is 453 g/mol. The number of carbonyl (C=O) groups excluding carboxylic acids is 3. The molecule has 3 heterocycles. The number of para-hydroxylation sites is 1. The number of esters is 1. The van der Waals surface area contributed by atoms with Gasteiger partial charge in [-0.25, -0.2) is 9.69 Å². The summed E-state index contributed by atoms with van der Waals surface area (Å²) in [6.07, 6.45) is -4.56. The molecule has 0 aliphatic carbocycles. The van der Waals surface area contributed by atoms with Gasteiger partial charge in [0.05, 0.1) is 36.4 Å². The summed E-state index contributed by atoms with van der Waals surface area (Å²) in [6, 6.07) is 9.53. The second-order valence-electron chi connectivity index (χ2n) is 8.67. The Balaban J connectivity index is 1.63. The minimum atomic E-state index is -4.56. The molecule has 2 saturated heterocycles. The number of halogens is 3. The molecule has 0 N–H and O–H groups in total. The van der Waals surface area contributed by atoms with E-state index in [0.29, 0.717) is 11.3 Å². The van der Waals surface area contributed by atoms with E-state index >= 15 is 0 Å². The first-order chi connectivity index (χ1) is 16.1. The number of hydrogen-bond acceptors (Lipinski definition) is 5. The lowest BCUT2D eigenvalue weighted by atomic mass is 9.77. The molecule has 178 valence electrons. The molecule has 3 amide bonds. The highest BCUT2D eigenvalue weighted by Gasteiger charge is 2.72. The summed E-state index contributed by atoms with van der Waals surface area (Å²) in [5.41, 5.74) is -1.84. The number of alkyl halides is 3. The maximum absolute atomic E-state index is 13.8. The van der Waals surface area contributed by atoms with Gasteiger partial charge in [0, 0.05) is 11.5 Å². The summed E-state index contributed by atoms with van der Waals surface area (Å²) in [6.45, 7) is 3.36. The number of urea groups is 1. The Bertz CT molecular complexity index is 1180. The Morgan fingerprint density at radius 3 is 2.47 bits per heavy atom. The van der Waals surface area contributed by atoms with E-state index in [1.807, 2.05) is 0 Å². The van der Waals surface area contributed by atoms with Crippen LogP contribution in [0.3, 0.4) is 0 Å². The van der Waals surface area contributed by atoms with E-state index in [1.165, 1.54) is 11.8 Å². The largest absolute Gasteiger partial charge is 0.493 e. The Hall–Kier alpha value is -3.56. The van der Waals surface area contributed by atoms with Crippen molar-refractivity contribution in [2.75, 3.05) is 18.1 Å². The van der Waals surface area contributed by atoms with Crippen molar-refractivity contribution in [2.24, 2.45) is 11.8 Å². The molecule has 10 heteroatoms. The number of amides is 3. The molecule has 7 nitrogen and oxygen atoms in total.